The summed E-state index contributed by atoms with van der Waals surface area (Å²) in [5.41, 5.74) is 2.16. The van der Waals surface area contributed by atoms with Gasteiger partial charge in [-0.25, -0.2) is 0 Å². The summed E-state index contributed by atoms with van der Waals surface area (Å²) < 4.78 is 5.34. The molecule has 0 aromatic heterocycles. The van der Waals surface area contributed by atoms with Crippen LogP contribution >= 0.6 is 0 Å². The highest BCUT2D eigenvalue weighted by molar-refractivity contribution is 5.86. The van der Waals surface area contributed by atoms with E-state index >= 15 is 0 Å². The maximum absolute atomic E-state index is 12.4. The quantitative estimate of drug-likeness (QED) is 0.905. The van der Waals surface area contributed by atoms with E-state index < -0.39 is 0 Å². The average molecular weight is 261 g/mol. The number of benzene rings is 1. The summed E-state index contributed by atoms with van der Waals surface area (Å²) >= 11 is 0. The van der Waals surface area contributed by atoms with Crippen LogP contribution in [-0.4, -0.2) is 25.5 Å². The monoisotopic (exact) mass is 261 g/mol. The van der Waals surface area contributed by atoms with Crippen molar-refractivity contribution in [2.45, 2.75) is 45.1 Å². The van der Waals surface area contributed by atoms with Gasteiger partial charge in [0.25, 0.3) is 0 Å². The number of ketones is 1. The summed E-state index contributed by atoms with van der Waals surface area (Å²) in [6.45, 7) is 3.00. The molecule has 0 bridgehead atoms. The van der Waals surface area contributed by atoms with Crippen molar-refractivity contribution >= 4 is 5.78 Å². The summed E-state index contributed by atoms with van der Waals surface area (Å²) in [5, 5.41) is 3.36. The molecule has 1 N–H and O–H groups in total. The summed E-state index contributed by atoms with van der Waals surface area (Å²) in [6.07, 6.45) is 4.98. The van der Waals surface area contributed by atoms with Gasteiger partial charge in [-0.15, -0.1) is 0 Å². The highest BCUT2D eigenvalue weighted by Crippen LogP contribution is 2.21. The number of nitrogens with one attached hydrogen (secondary N) is 1. The van der Waals surface area contributed by atoms with Gasteiger partial charge in [0.15, 0.2) is 5.78 Å². The molecule has 104 valence electrons. The molecule has 2 rings (SSSR count). The van der Waals surface area contributed by atoms with Gasteiger partial charge in [0, 0.05) is 12.0 Å². The second kappa shape index (κ2) is 6.71. The molecule has 0 radical (unpaired) electrons. The lowest BCUT2D eigenvalue weighted by Gasteiger charge is -2.16. The van der Waals surface area contributed by atoms with E-state index in [-0.39, 0.29) is 11.8 Å². The highest BCUT2D eigenvalue weighted by Gasteiger charge is 2.20. The van der Waals surface area contributed by atoms with Crippen LogP contribution < -0.4 is 10.1 Å². The van der Waals surface area contributed by atoms with Gasteiger partial charge < -0.3 is 10.1 Å². The lowest BCUT2D eigenvalue weighted by Crippen LogP contribution is -2.37. The summed E-state index contributed by atoms with van der Waals surface area (Å²) in [4.78, 5) is 12.4. The molecule has 1 aliphatic rings. The first-order valence-corrected chi connectivity index (χ1v) is 7.10. The van der Waals surface area contributed by atoms with Crippen molar-refractivity contribution in [3.8, 4) is 5.75 Å². The Kier molecular flexibility index (Phi) is 4.97. The Morgan fingerprint density at radius 2 is 2.21 bits per heavy atom. The van der Waals surface area contributed by atoms with Crippen LogP contribution in [0.15, 0.2) is 18.2 Å². The fourth-order valence-electron chi connectivity index (χ4n) is 2.66. The van der Waals surface area contributed by atoms with Crippen molar-refractivity contribution in [3.63, 3.8) is 0 Å². The van der Waals surface area contributed by atoms with Crippen molar-refractivity contribution in [2.24, 2.45) is 0 Å². The van der Waals surface area contributed by atoms with E-state index in [0.717, 1.165) is 36.3 Å². The third-order valence-electron chi connectivity index (χ3n) is 3.75. The molecule has 1 fully saturated rings. The Morgan fingerprint density at radius 1 is 1.37 bits per heavy atom. The van der Waals surface area contributed by atoms with Gasteiger partial charge in [-0.1, -0.05) is 30.5 Å². The van der Waals surface area contributed by atoms with Crippen LogP contribution in [0.25, 0.3) is 0 Å². The fraction of sp³-hybridized carbons (Fsp3) is 0.562. The van der Waals surface area contributed by atoms with E-state index in [2.05, 4.69) is 5.32 Å². The van der Waals surface area contributed by atoms with Crippen LogP contribution in [0, 0.1) is 6.92 Å². The molecule has 0 amide bonds. The number of Topliss-reactive ketones (excluding diaryl/α,β-unsaturated/α-hetero) is 1. The largest absolute Gasteiger partial charge is 0.496 e. The Labute approximate surface area is 115 Å². The normalized spacial score (nSPS) is 19.8. The number of methoxy groups -OCH3 is 1. The summed E-state index contributed by atoms with van der Waals surface area (Å²) in [7, 11) is 1.66. The number of rotatable bonds is 4. The Hall–Kier alpha value is -1.35. The van der Waals surface area contributed by atoms with Gasteiger partial charge in [0.05, 0.1) is 13.2 Å². The molecule has 0 saturated carbocycles. The molecule has 0 spiro atoms. The van der Waals surface area contributed by atoms with Crippen molar-refractivity contribution < 1.29 is 9.53 Å². The maximum Gasteiger partial charge on any atom is 0.154 e. The van der Waals surface area contributed by atoms with Crippen molar-refractivity contribution in [3.05, 3.63) is 29.3 Å². The van der Waals surface area contributed by atoms with E-state index in [0.29, 0.717) is 6.42 Å². The minimum absolute atomic E-state index is 0.0210. The molecule has 1 aromatic rings. The zero-order valence-corrected chi connectivity index (χ0v) is 11.9. The molecule has 1 unspecified atom stereocenters. The lowest BCUT2D eigenvalue weighted by atomic mass is 9.98. The fourth-order valence-corrected chi connectivity index (χ4v) is 2.66. The van der Waals surface area contributed by atoms with Gasteiger partial charge in [0.2, 0.25) is 0 Å². The van der Waals surface area contributed by atoms with Crippen molar-refractivity contribution in [1.82, 2.24) is 5.32 Å². The molecule has 1 saturated heterocycles. The van der Waals surface area contributed by atoms with E-state index in [1.54, 1.807) is 7.11 Å². The number of carbonyl (C=O) groups is 1. The van der Waals surface area contributed by atoms with Gasteiger partial charge in [-0.05, 0) is 32.4 Å². The van der Waals surface area contributed by atoms with Gasteiger partial charge in [-0.2, -0.15) is 0 Å². The average Bonchev–Trinajstić information content (AvgIpc) is 2.68. The van der Waals surface area contributed by atoms with Crippen LogP contribution in [0.2, 0.25) is 0 Å². The Balaban J connectivity index is 2.07. The molecule has 1 aromatic carbocycles. The molecular weight excluding hydrogens is 238 g/mol. The van der Waals surface area contributed by atoms with Gasteiger partial charge >= 0.3 is 0 Å². The Bertz CT molecular complexity index is 434. The van der Waals surface area contributed by atoms with Gasteiger partial charge in [0.1, 0.15) is 5.75 Å². The van der Waals surface area contributed by atoms with Crippen LogP contribution in [0.1, 0.15) is 36.8 Å². The van der Waals surface area contributed by atoms with Crippen molar-refractivity contribution in [1.29, 1.82) is 0 Å². The SMILES string of the molecule is COc1ccc(C)cc1CC(=O)C1CCCCCN1. The first kappa shape index (κ1) is 14.1. The van der Waals surface area contributed by atoms with Gasteiger partial charge in [-0.3, -0.25) is 4.79 Å². The van der Waals surface area contributed by atoms with Crippen LogP contribution in [-0.2, 0) is 11.2 Å². The minimum atomic E-state index is 0.0210. The van der Waals surface area contributed by atoms with Crippen molar-refractivity contribution in [2.75, 3.05) is 13.7 Å². The maximum atomic E-state index is 12.4. The number of aryl methyl sites for hydroxylation is 1. The minimum Gasteiger partial charge on any atom is -0.496 e. The molecule has 1 aliphatic heterocycles. The Morgan fingerprint density at radius 3 is 3.00 bits per heavy atom. The zero-order chi connectivity index (χ0) is 13.7. The zero-order valence-electron chi connectivity index (χ0n) is 11.9. The summed E-state index contributed by atoms with van der Waals surface area (Å²) in [5.74, 6) is 1.10. The van der Waals surface area contributed by atoms with E-state index in [4.69, 9.17) is 4.74 Å². The van der Waals surface area contributed by atoms with Crippen LogP contribution in [0.5, 0.6) is 5.75 Å². The molecule has 3 heteroatoms. The number of hydrogen-bond acceptors (Lipinski definition) is 3. The second-order valence-corrected chi connectivity index (χ2v) is 5.31. The number of carbonyl (C=O) groups excluding carboxylic acids is 1. The third kappa shape index (κ3) is 3.80. The summed E-state index contributed by atoms with van der Waals surface area (Å²) in [6, 6.07) is 6.02. The third-order valence-corrected chi connectivity index (χ3v) is 3.75. The molecule has 1 heterocycles. The van der Waals surface area contributed by atoms with Crippen LogP contribution in [0.3, 0.4) is 0 Å². The second-order valence-electron chi connectivity index (χ2n) is 5.31. The first-order chi connectivity index (χ1) is 9.20. The highest BCUT2D eigenvalue weighted by atomic mass is 16.5. The topological polar surface area (TPSA) is 38.3 Å². The molecular formula is C16H23NO2. The predicted molar refractivity (Wildman–Crippen MR) is 76.7 cm³/mol. The standard InChI is InChI=1S/C16H23NO2/c1-12-7-8-16(19-2)13(10-12)11-15(18)14-6-4-3-5-9-17-14/h7-8,10,14,17H,3-6,9,11H2,1-2H3. The van der Waals surface area contributed by atoms with E-state index in [1.165, 1.54) is 12.8 Å². The number of hydrogen-bond donors (Lipinski definition) is 1. The van der Waals surface area contributed by atoms with Crippen LogP contribution in [0.4, 0.5) is 0 Å². The molecule has 1 atom stereocenters. The number of ether oxygens (including phenoxy) is 1. The lowest BCUT2D eigenvalue weighted by molar-refractivity contribution is -0.120. The smallest absolute Gasteiger partial charge is 0.154 e. The first-order valence-electron chi connectivity index (χ1n) is 7.10. The predicted octanol–water partition coefficient (Wildman–Crippen LogP) is 2.65. The molecule has 0 aliphatic carbocycles. The van der Waals surface area contributed by atoms with E-state index in [1.807, 2.05) is 25.1 Å². The molecule has 19 heavy (non-hydrogen) atoms. The molecule has 3 nitrogen and oxygen atoms in total. The van der Waals surface area contributed by atoms with E-state index in [9.17, 15) is 4.79 Å².